The Kier molecular flexibility index (Phi) is 4.05. The fraction of sp³-hybridized carbons (Fsp3) is 0.250. The van der Waals surface area contributed by atoms with Gasteiger partial charge in [-0.2, -0.15) is 0 Å². The molecule has 0 aliphatic rings. The first-order chi connectivity index (χ1) is 9.11. The minimum absolute atomic E-state index is 0.245. The molecule has 2 rings (SSSR count). The summed E-state index contributed by atoms with van der Waals surface area (Å²) in [7, 11) is 0. The molecule has 0 heterocycles. The SMILES string of the molecule is CCN(Cc1cc(F)ccc1N)c1ccccc1C. The van der Waals surface area contributed by atoms with Crippen LogP contribution in [-0.2, 0) is 6.54 Å². The van der Waals surface area contributed by atoms with Crippen LogP contribution in [0.25, 0.3) is 0 Å². The van der Waals surface area contributed by atoms with E-state index < -0.39 is 0 Å². The van der Waals surface area contributed by atoms with Crippen molar-refractivity contribution in [2.75, 3.05) is 17.2 Å². The molecule has 2 aromatic rings. The summed E-state index contributed by atoms with van der Waals surface area (Å²) in [5.74, 6) is -0.245. The maximum atomic E-state index is 13.3. The number of anilines is 2. The summed E-state index contributed by atoms with van der Waals surface area (Å²) in [5, 5.41) is 0. The molecule has 100 valence electrons. The highest BCUT2D eigenvalue weighted by Crippen LogP contribution is 2.23. The topological polar surface area (TPSA) is 29.3 Å². The van der Waals surface area contributed by atoms with Crippen LogP contribution < -0.4 is 10.6 Å². The summed E-state index contributed by atoms with van der Waals surface area (Å²) in [5.41, 5.74) is 9.74. The molecule has 2 N–H and O–H groups in total. The van der Waals surface area contributed by atoms with E-state index in [1.165, 1.54) is 17.7 Å². The number of rotatable bonds is 4. The molecule has 2 nitrogen and oxygen atoms in total. The van der Waals surface area contributed by atoms with Crippen LogP contribution >= 0.6 is 0 Å². The second kappa shape index (κ2) is 5.74. The molecule has 19 heavy (non-hydrogen) atoms. The highest BCUT2D eigenvalue weighted by Gasteiger charge is 2.10. The molecule has 2 aromatic carbocycles. The van der Waals surface area contributed by atoms with Crippen LogP contribution in [0, 0.1) is 12.7 Å². The summed E-state index contributed by atoms with van der Waals surface area (Å²) in [4.78, 5) is 2.19. The van der Waals surface area contributed by atoms with Crippen LogP contribution in [-0.4, -0.2) is 6.54 Å². The molecule has 0 fully saturated rings. The van der Waals surface area contributed by atoms with Crippen molar-refractivity contribution in [1.82, 2.24) is 0 Å². The third kappa shape index (κ3) is 3.05. The zero-order chi connectivity index (χ0) is 13.8. The van der Waals surface area contributed by atoms with Gasteiger partial charge in [-0.3, -0.25) is 0 Å². The molecule has 0 aliphatic carbocycles. The van der Waals surface area contributed by atoms with Gasteiger partial charge in [0, 0.05) is 24.5 Å². The number of nitrogen functional groups attached to an aromatic ring is 1. The van der Waals surface area contributed by atoms with Gasteiger partial charge in [-0.25, -0.2) is 4.39 Å². The Morgan fingerprint density at radius 3 is 2.58 bits per heavy atom. The van der Waals surface area contributed by atoms with E-state index in [2.05, 4.69) is 30.9 Å². The number of nitrogens with zero attached hydrogens (tertiary/aromatic N) is 1. The first kappa shape index (κ1) is 13.4. The number of aryl methyl sites for hydroxylation is 1. The molecule has 3 heteroatoms. The van der Waals surface area contributed by atoms with Crippen LogP contribution in [0.3, 0.4) is 0 Å². The standard InChI is InChI=1S/C16H19FN2/c1-3-19(16-7-5-4-6-12(16)2)11-13-10-14(17)8-9-15(13)18/h4-10H,3,11,18H2,1-2H3. The minimum Gasteiger partial charge on any atom is -0.398 e. The largest absolute Gasteiger partial charge is 0.398 e. The van der Waals surface area contributed by atoms with Crippen molar-refractivity contribution in [2.45, 2.75) is 20.4 Å². The van der Waals surface area contributed by atoms with Gasteiger partial charge in [-0.1, -0.05) is 18.2 Å². The molecule has 0 unspecified atom stereocenters. The number of hydrogen-bond donors (Lipinski definition) is 1. The second-order valence-electron chi connectivity index (χ2n) is 4.64. The van der Waals surface area contributed by atoms with Gasteiger partial charge in [0.05, 0.1) is 0 Å². The average molecular weight is 258 g/mol. The van der Waals surface area contributed by atoms with Crippen LogP contribution in [0.4, 0.5) is 15.8 Å². The van der Waals surface area contributed by atoms with Crippen molar-refractivity contribution in [3.05, 3.63) is 59.4 Å². The first-order valence-electron chi connectivity index (χ1n) is 6.46. The fourth-order valence-corrected chi connectivity index (χ4v) is 2.20. The highest BCUT2D eigenvalue weighted by molar-refractivity contribution is 5.55. The molecule has 0 bridgehead atoms. The molecule has 0 saturated carbocycles. The van der Waals surface area contributed by atoms with Crippen molar-refractivity contribution in [3.63, 3.8) is 0 Å². The van der Waals surface area contributed by atoms with E-state index in [1.54, 1.807) is 6.07 Å². The maximum absolute atomic E-state index is 13.3. The summed E-state index contributed by atoms with van der Waals surface area (Å²) in [6, 6.07) is 12.7. The summed E-state index contributed by atoms with van der Waals surface area (Å²) in [6.45, 7) is 5.63. The minimum atomic E-state index is -0.245. The number of nitrogens with two attached hydrogens (primary N) is 1. The van der Waals surface area contributed by atoms with E-state index in [4.69, 9.17) is 5.73 Å². The summed E-state index contributed by atoms with van der Waals surface area (Å²) >= 11 is 0. The third-order valence-electron chi connectivity index (χ3n) is 3.30. The van der Waals surface area contributed by atoms with Gasteiger partial charge in [0.25, 0.3) is 0 Å². The Bertz CT molecular complexity index is 566. The van der Waals surface area contributed by atoms with Gasteiger partial charge in [-0.05, 0) is 49.2 Å². The lowest BCUT2D eigenvalue weighted by Crippen LogP contribution is -2.23. The van der Waals surface area contributed by atoms with Gasteiger partial charge in [0.2, 0.25) is 0 Å². The molecule has 0 aliphatic heterocycles. The van der Waals surface area contributed by atoms with Crippen molar-refractivity contribution >= 4 is 11.4 Å². The van der Waals surface area contributed by atoms with Crippen molar-refractivity contribution < 1.29 is 4.39 Å². The lowest BCUT2D eigenvalue weighted by Gasteiger charge is -2.25. The summed E-state index contributed by atoms with van der Waals surface area (Å²) in [6.07, 6.45) is 0. The smallest absolute Gasteiger partial charge is 0.123 e. The van der Waals surface area contributed by atoms with E-state index in [0.29, 0.717) is 12.2 Å². The van der Waals surface area contributed by atoms with Crippen LogP contribution in [0.5, 0.6) is 0 Å². The Morgan fingerprint density at radius 1 is 1.16 bits per heavy atom. The molecule has 0 radical (unpaired) electrons. The van der Waals surface area contributed by atoms with E-state index in [9.17, 15) is 4.39 Å². The van der Waals surface area contributed by atoms with Crippen LogP contribution in [0.15, 0.2) is 42.5 Å². The van der Waals surface area contributed by atoms with Gasteiger partial charge in [-0.15, -0.1) is 0 Å². The van der Waals surface area contributed by atoms with Crippen molar-refractivity contribution in [1.29, 1.82) is 0 Å². The molecular formula is C16H19FN2. The number of para-hydroxylation sites is 1. The predicted molar refractivity (Wildman–Crippen MR) is 78.7 cm³/mol. The normalized spacial score (nSPS) is 10.5. The van der Waals surface area contributed by atoms with E-state index in [-0.39, 0.29) is 5.82 Å². The number of benzene rings is 2. The van der Waals surface area contributed by atoms with Crippen molar-refractivity contribution in [2.24, 2.45) is 0 Å². The van der Waals surface area contributed by atoms with Gasteiger partial charge >= 0.3 is 0 Å². The van der Waals surface area contributed by atoms with Gasteiger partial charge < -0.3 is 10.6 Å². The number of hydrogen-bond acceptors (Lipinski definition) is 2. The molecule has 0 aromatic heterocycles. The fourth-order valence-electron chi connectivity index (χ4n) is 2.20. The van der Waals surface area contributed by atoms with Gasteiger partial charge in [0.1, 0.15) is 5.82 Å². The molecule has 0 saturated heterocycles. The third-order valence-corrected chi connectivity index (χ3v) is 3.30. The lowest BCUT2D eigenvalue weighted by molar-refractivity contribution is 0.625. The monoisotopic (exact) mass is 258 g/mol. The second-order valence-corrected chi connectivity index (χ2v) is 4.64. The maximum Gasteiger partial charge on any atom is 0.123 e. The van der Waals surface area contributed by atoms with Crippen LogP contribution in [0.1, 0.15) is 18.1 Å². The zero-order valence-electron chi connectivity index (χ0n) is 11.4. The average Bonchev–Trinajstić information content (AvgIpc) is 2.41. The quantitative estimate of drug-likeness (QED) is 0.846. The molecule has 0 amide bonds. The van der Waals surface area contributed by atoms with Crippen molar-refractivity contribution in [3.8, 4) is 0 Å². The lowest BCUT2D eigenvalue weighted by atomic mass is 10.1. The molecular weight excluding hydrogens is 239 g/mol. The molecule has 0 atom stereocenters. The Balaban J connectivity index is 2.29. The van der Waals surface area contributed by atoms with E-state index in [1.807, 2.05) is 12.1 Å². The van der Waals surface area contributed by atoms with Crippen LogP contribution in [0.2, 0.25) is 0 Å². The predicted octanol–water partition coefficient (Wildman–Crippen LogP) is 3.74. The number of halogens is 1. The Morgan fingerprint density at radius 2 is 1.89 bits per heavy atom. The first-order valence-corrected chi connectivity index (χ1v) is 6.46. The zero-order valence-corrected chi connectivity index (χ0v) is 11.4. The molecule has 0 spiro atoms. The Labute approximate surface area is 113 Å². The van der Waals surface area contributed by atoms with E-state index in [0.717, 1.165) is 17.8 Å². The summed E-state index contributed by atoms with van der Waals surface area (Å²) < 4.78 is 13.3. The highest BCUT2D eigenvalue weighted by atomic mass is 19.1. The van der Waals surface area contributed by atoms with E-state index >= 15 is 0 Å². The Hall–Kier alpha value is -2.03. The van der Waals surface area contributed by atoms with Gasteiger partial charge in [0.15, 0.2) is 0 Å².